The fourth-order valence-electron chi connectivity index (χ4n) is 8.32. The van der Waals surface area contributed by atoms with Crippen molar-refractivity contribution in [2.45, 2.75) is 96.6 Å². The van der Waals surface area contributed by atoms with E-state index in [9.17, 15) is 27.9 Å². The van der Waals surface area contributed by atoms with E-state index in [0.29, 0.717) is 23.6 Å². The van der Waals surface area contributed by atoms with Gasteiger partial charge in [-0.2, -0.15) is 5.10 Å². The SMILES string of the molecule is COc1ccc2c(c1)C=C(c1c(C(=O)NC[C@@H](C)O)cnn1C1/C=C(\C)CNC(=O)/C=C/1C)Cn1c-2c(C2CCCCC2)c2ccc(C(=O)NS(=O)(=O)C(C)C)cc21. The van der Waals surface area contributed by atoms with Crippen molar-refractivity contribution < 1.29 is 32.6 Å². The molecular weight excluding hydrogens is 757 g/mol. The minimum absolute atomic E-state index is 0.0264. The maximum absolute atomic E-state index is 14.1. The largest absolute Gasteiger partial charge is 0.497 e. The third-order valence-electron chi connectivity index (χ3n) is 11.4. The molecule has 1 saturated carbocycles. The Balaban J connectivity index is 1.51. The number of sulfonamides is 1. The number of allylic oxidation sites excluding steroid dienone is 3. The van der Waals surface area contributed by atoms with Crippen molar-refractivity contribution in [2.24, 2.45) is 0 Å². The number of rotatable bonds is 10. The molecule has 1 aliphatic carbocycles. The Hall–Kier alpha value is -5.47. The van der Waals surface area contributed by atoms with Crippen molar-refractivity contribution in [3.05, 3.63) is 93.8 Å². The number of carbonyl (C=O) groups is 3. The molecule has 0 radical (unpaired) electrons. The van der Waals surface area contributed by atoms with Gasteiger partial charge in [0, 0.05) is 41.2 Å². The van der Waals surface area contributed by atoms with E-state index in [4.69, 9.17) is 9.84 Å². The summed E-state index contributed by atoms with van der Waals surface area (Å²) in [6.45, 7) is 9.05. The number of benzene rings is 2. The molecule has 3 amide bonds. The molecule has 1 unspecified atom stereocenters. The lowest BCUT2D eigenvalue weighted by Crippen LogP contribution is -2.35. The van der Waals surface area contributed by atoms with Crippen LogP contribution in [0.5, 0.6) is 5.75 Å². The molecular formula is C44H52N6O7S. The highest BCUT2D eigenvalue weighted by Crippen LogP contribution is 2.48. The van der Waals surface area contributed by atoms with Crippen molar-refractivity contribution in [2.75, 3.05) is 20.2 Å². The molecule has 2 aromatic heterocycles. The van der Waals surface area contributed by atoms with Gasteiger partial charge in [-0.3, -0.25) is 19.1 Å². The van der Waals surface area contributed by atoms with Crippen LogP contribution in [0.15, 0.2) is 65.9 Å². The summed E-state index contributed by atoms with van der Waals surface area (Å²) in [7, 11) is -2.28. The molecule has 14 heteroatoms. The number of nitrogens with one attached hydrogen (secondary N) is 3. The number of fused-ring (bicyclic) bond motifs is 5. The fourth-order valence-corrected chi connectivity index (χ4v) is 8.93. The Bertz CT molecular complexity index is 2500. The Kier molecular flexibility index (Phi) is 11.5. The van der Waals surface area contributed by atoms with Crippen LogP contribution in [0.3, 0.4) is 0 Å². The number of nitrogens with zero attached hydrogens (tertiary/aromatic N) is 3. The Labute approximate surface area is 339 Å². The smallest absolute Gasteiger partial charge is 0.264 e. The summed E-state index contributed by atoms with van der Waals surface area (Å²) in [5.74, 6) is -0.481. The highest BCUT2D eigenvalue weighted by molar-refractivity contribution is 7.90. The van der Waals surface area contributed by atoms with E-state index >= 15 is 0 Å². The lowest BCUT2D eigenvalue weighted by molar-refractivity contribution is -0.116. The Morgan fingerprint density at radius 1 is 1.02 bits per heavy atom. The number of aliphatic hydroxyl groups is 1. The highest BCUT2D eigenvalue weighted by atomic mass is 32.2. The van der Waals surface area contributed by atoms with Crippen molar-refractivity contribution >= 4 is 50.3 Å². The molecule has 2 aromatic carbocycles. The first-order valence-corrected chi connectivity index (χ1v) is 21.5. The van der Waals surface area contributed by atoms with Gasteiger partial charge in [-0.1, -0.05) is 37.0 Å². The monoisotopic (exact) mass is 808 g/mol. The second kappa shape index (κ2) is 16.4. The third kappa shape index (κ3) is 7.99. The third-order valence-corrected chi connectivity index (χ3v) is 13.1. The normalized spacial score (nSPS) is 19.9. The van der Waals surface area contributed by atoms with Gasteiger partial charge in [0.1, 0.15) is 5.75 Å². The molecule has 58 heavy (non-hydrogen) atoms. The van der Waals surface area contributed by atoms with E-state index in [1.807, 2.05) is 44.2 Å². The number of hydrogen-bond donors (Lipinski definition) is 4. The summed E-state index contributed by atoms with van der Waals surface area (Å²) in [5.41, 5.74) is 8.07. The highest BCUT2D eigenvalue weighted by Gasteiger charge is 2.33. The number of hydrogen-bond acceptors (Lipinski definition) is 8. The van der Waals surface area contributed by atoms with Crippen LogP contribution in [0, 0.1) is 0 Å². The molecule has 1 fully saturated rings. The molecule has 4 heterocycles. The maximum atomic E-state index is 14.1. The van der Waals surface area contributed by atoms with Crippen LogP contribution in [0.1, 0.15) is 116 Å². The first-order valence-electron chi connectivity index (χ1n) is 19.9. The van der Waals surface area contributed by atoms with Crippen molar-refractivity contribution in [3.8, 4) is 17.0 Å². The van der Waals surface area contributed by atoms with Gasteiger partial charge in [-0.05, 0) is 112 Å². The summed E-state index contributed by atoms with van der Waals surface area (Å²) in [6.07, 6.45) is 11.7. The van der Waals surface area contributed by atoms with Crippen LogP contribution in [-0.4, -0.2) is 77.1 Å². The van der Waals surface area contributed by atoms with E-state index in [0.717, 1.165) is 71.0 Å². The molecule has 2 atom stereocenters. The van der Waals surface area contributed by atoms with Gasteiger partial charge in [0.15, 0.2) is 0 Å². The van der Waals surface area contributed by atoms with Crippen molar-refractivity contribution in [1.29, 1.82) is 0 Å². The van der Waals surface area contributed by atoms with Gasteiger partial charge in [0.05, 0.1) is 54.2 Å². The lowest BCUT2D eigenvalue weighted by Gasteiger charge is -2.24. The molecule has 0 saturated heterocycles. The molecule has 3 aliphatic rings. The van der Waals surface area contributed by atoms with E-state index in [1.165, 1.54) is 25.6 Å². The number of ether oxygens (including phenoxy) is 1. The Morgan fingerprint density at radius 2 is 1.78 bits per heavy atom. The zero-order chi connectivity index (χ0) is 41.5. The van der Waals surface area contributed by atoms with Crippen LogP contribution >= 0.6 is 0 Å². The minimum atomic E-state index is -3.90. The summed E-state index contributed by atoms with van der Waals surface area (Å²) < 4.78 is 37.6. The van der Waals surface area contributed by atoms with Crippen LogP contribution in [-0.2, 0) is 21.4 Å². The van der Waals surface area contributed by atoms with Crippen LogP contribution in [0.4, 0.5) is 0 Å². The van der Waals surface area contributed by atoms with Gasteiger partial charge in [-0.25, -0.2) is 13.1 Å². The van der Waals surface area contributed by atoms with Crippen LogP contribution in [0.25, 0.3) is 33.8 Å². The quantitative estimate of drug-likeness (QED) is 0.136. The van der Waals surface area contributed by atoms with Gasteiger partial charge < -0.3 is 25.0 Å². The number of aromatic nitrogens is 3. The average Bonchev–Trinajstić information content (AvgIpc) is 3.72. The standard InChI is InChI=1S/C44H52N6O7S/c1-25(2)58(55,56)48-43(53)30-12-14-35-38(20-30)49-24-32(18-31-19-33(57-6)13-15-34(31)42(49)40(35)29-10-8-7-9-11-29)41-36(44(54)46-22-28(5)51)23-47-50(41)37-16-26(3)21-45-39(52)17-27(37)4/h12-20,23,25,28-29,37,51H,7-11,21-22,24H2,1-6H3,(H,45,52)(H,46,54)(H,48,53)/b26-16+,27-17+/t28-,37?/m1/s1. The zero-order valence-corrected chi connectivity index (χ0v) is 34.7. The first-order chi connectivity index (χ1) is 27.7. The molecule has 13 nitrogen and oxygen atoms in total. The molecule has 7 rings (SSSR count). The number of amides is 3. The van der Waals surface area contributed by atoms with E-state index in [1.54, 1.807) is 36.9 Å². The molecule has 4 aromatic rings. The van der Waals surface area contributed by atoms with E-state index in [2.05, 4.69) is 26.0 Å². The molecule has 2 aliphatic heterocycles. The summed E-state index contributed by atoms with van der Waals surface area (Å²) in [5, 5.41) is 20.9. The number of aliphatic hydroxyl groups excluding tert-OH is 1. The van der Waals surface area contributed by atoms with Crippen molar-refractivity contribution in [3.63, 3.8) is 0 Å². The molecule has 0 spiro atoms. The Morgan fingerprint density at radius 3 is 2.48 bits per heavy atom. The molecule has 306 valence electrons. The summed E-state index contributed by atoms with van der Waals surface area (Å²) >= 11 is 0. The van der Waals surface area contributed by atoms with Crippen molar-refractivity contribution in [1.82, 2.24) is 29.7 Å². The maximum Gasteiger partial charge on any atom is 0.264 e. The van der Waals surface area contributed by atoms with Gasteiger partial charge in [0.25, 0.3) is 11.8 Å². The molecule has 4 N–H and O–H groups in total. The van der Waals surface area contributed by atoms with Gasteiger partial charge in [0.2, 0.25) is 15.9 Å². The predicted molar refractivity (Wildman–Crippen MR) is 225 cm³/mol. The van der Waals surface area contributed by atoms with Gasteiger partial charge in [-0.15, -0.1) is 0 Å². The average molecular weight is 809 g/mol. The number of carbonyl (C=O) groups excluding carboxylic acids is 3. The van der Waals surface area contributed by atoms with E-state index in [-0.39, 0.29) is 36.0 Å². The lowest BCUT2D eigenvalue weighted by atomic mass is 9.81. The van der Waals surface area contributed by atoms with Crippen LogP contribution < -0.4 is 20.1 Å². The minimum Gasteiger partial charge on any atom is -0.497 e. The fraction of sp³-hybridized carbons (Fsp3) is 0.409. The zero-order valence-electron chi connectivity index (χ0n) is 33.9. The second-order valence-corrected chi connectivity index (χ2v) is 18.3. The molecule has 0 bridgehead atoms. The summed E-state index contributed by atoms with van der Waals surface area (Å²) in [4.78, 5) is 40.5. The first kappa shape index (κ1) is 40.7. The van der Waals surface area contributed by atoms with E-state index < -0.39 is 39.2 Å². The predicted octanol–water partition coefficient (Wildman–Crippen LogP) is 6.26. The summed E-state index contributed by atoms with van der Waals surface area (Å²) in [6, 6.07) is 10.8. The second-order valence-electron chi connectivity index (χ2n) is 16.0. The van der Waals surface area contributed by atoms with Crippen LogP contribution in [0.2, 0.25) is 0 Å². The van der Waals surface area contributed by atoms with Gasteiger partial charge >= 0.3 is 0 Å². The topological polar surface area (TPSA) is 174 Å². The number of methoxy groups -OCH3 is 1.